The van der Waals surface area contributed by atoms with E-state index in [9.17, 15) is 4.79 Å². The number of nitrogens with zero attached hydrogens (tertiary/aromatic N) is 3. The molecule has 0 amide bonds. The first-order chi connectivity index (χ1) is 10.1. The van der Waals surface area contributed by atoms with Crippen LogP contribution in [0.15, 0.2) is 52.5 Å². The Morgan fingerprint density at radius 1 is 1.33 bits per heavy atom. The molecule has 21 heavy (non-hydrogen) atoms. The van der Waals surface area contributed by atoms with Gasteiger partial charge in [0.1, 0.15) is 5.65 Å². The van der Waals surface area contributed by atoms with E-state index in [1.54, 1.807) is 40.8 Å². The van der Waals surface area contributed by atoms with E-state index in [4.69, 9.17) is 5.73 Å². The number of nitrogen functional groups attached to an aromatic ring is 1. The molecule has 0 radical (unpaired) electrons. The van der Waals surface area contributed by atoms with Crippen LogP contribution in [0.1, 0.15) is 11.3 Å². The standard InChI is InChI=1S/C15H14N4OS/c1-10-3-5-19-14(6-10)18-11(7-15(19)20)9-21-13-2-4-17-8-12(13)16/h2-8H,9,16H2,1H3. The van der Waals surface area contributed by atoms with Crippen LogP contribution >= 0.6 is 11.8 Å². The molecule has 0 saturated carbocycles. The van der Waals surface area contributed by atoms with Gasteiger partial charge in [0.2, 0.25) is 0 Å². The summed E-state index contributed by atoms with van der Waals surface area (Å²) < 4.78 is 1.54. The highest BCUT2D eigenvalue weighted by Crippen LogP contribution is 2.26. The monoisotopic (exact) mass is 298 g/mol. The number of aromatic nitrogens is 3. The highest BCUT2D eigenvalue weighted by Gasteiger charge is 2.05. The normalized spacial score (nSPS) is 10.9. The summed E-state index contributed by atoms with van der Waals surface area (Å²) in [5.74, 6) is 0.591. The lowest BCUT2D eigenvalue weighted by atomic mass is 10.3. The number of hydrogen-bond donors (Lipinski definition) is 1. The maximum absolute atomic E-state index is 12.1. The SMILES string of the molecule is Cc1ccn2c(=O)cc(CSc3ccncc3N)nc2c1. The van der Waals surface area contributed by atoms with Crippen molar-refractivity contribution in [1.82, 2.24) is 14.4 Å². The van der Waals surface area contributed by atoms with Crippen molar-refractivity contribution >= 4 is 23.1 Å². The number of fused-ring (bicyclic) bond motifs is 1. The van der Waals surface area contributed by atoms with E-state index in [0.717, 1.165) is 16.2 Å². The fourth-order valence-electron chi connectivity index (χ4n) is 2.00. The Kier molecular flexibility index (Phi) is 3.62. The predicted molar refractivity (Wildman–Crippen MR) is 84.4 cm³/mol. The molecule has 0 aliphatic rings. The van der Waals surface area contributed by atoms with E-state index < -0.39 is 0 Å². The minimum absolute atomic E-state index is 0.0710. The number of aryl methyl sites for hydroxylation is 1. The van der Waals surface area contributed by atoms with Gasteiger partial charge in [-0.05, 0) is 30.7 Å². The summed E-state index contributed by atoms with van der Waals surface area (Å²) in [7, 11) is 0. The van der Waals surface area contributed by atoms with Gasteiger partial charge in [-0.2, -0.15) is 0 Å². The molecule has 0 fully saturated rings. The van der Waals surface area contributed by atoms with Gasteiger partial charge in [0.15, 0.2) is 0 Å². The lowest BCUT2D eigenvalue weighted by Gasteiger charge is -2.06. The van der Waals surface area contributed by atoms with Gasteiger partial charge < -0.3 is 5.73 Å². The Morgan fingerprint density at radius 2 is 2.19 bits per heavy atom. The zero-order chi connectivity index (χ0) is 14.8. The van der Waals surface area contributed by atoms with Crippen LogP contribution in [0, 0.1) is 6.92 Å². The number of anilines is 1. The summed E-state index contributed by atoms with van der Waals surface area (Å²) in [5.41, 5.74) is 8.90. The second kappa shape index (κ2) is 5.57. The van der Waals surface area contributed by atoms with Gasteiger partial charge >= 0.3 is 0 Å². The third-order valence-corrected chi connectivity index (χ3v) is 4.18. The Balaban J connectivity index is 1.91. The predicted octanol–water partition coefficient (Wildman–Crippen LogP) is 2.27. The van der Waals surface area contributed by atoms with E-state index in [1.807, 2.05) is 25.1 Å². The highest BCUT2D eigenvalue weighted by atomic mass is 32.2. The fraction of sp³-hybridized carbons (Fsp3) is 0.133. The van der Waals surface area contributed by atoms with E-state index in [0.29, 0.717) is 17.1 Å². The van der Waals surface area contributed by atoms with E-state index in [1.165, 1.54) is 0 Å². The molecule has 2 N–H and O–H groups in total. The second-order valence-corrected chi connectivity index (χ2v) is 5.74. The van der Waals surface area contributed by atoms with Gasteiger partial charge in [0, 0.05) is 29.1 Å². The summed E-state index contributed by atoms with van der Waals surface area (Å²) in [5, 5.41) is 0. The lowest BCUT2D eigenvalue weighted by Crippen LogP contribution is -2.15. The number of nitrogens with two attached hydrogens (primary N) is 1. The fourth-order valence-corrected chi connectivity index (χ4v) is 2.83. The van der Waals surface area contributed by atoms with E-state index in [2.05, 4.69) is 9.97 Å². The molecule has 0 spiro atoms. The quantitative estimate of drug-likeness (QED) is 0.751. The van der Waals surface area contributed by atoms with Gasteiger partial charge in [0.25, 0.3) is 5.56 Å². The molecule has 0 aromatic carbocycles. The minimum Gasteiger partial charge on any atom is -0.397 e. The smallest absolute Gasteiger partial charge is 0.258 e. The van der Waals surface area contributed by atoms with Crippen molar-refractivity contribution in [2.45, 2.75) is 17.6 Å². The molecule has 3 heterocycles. The van der Waals surface area contributed by atoms with Crippen LogP contribution in [-0.4, -0.2) is 14.4 Å². The van der Waals surface area contributed by atoms with Crippen molar-refractivity contribution in [1.29, 1.82) is 0 Å². The van der Waals surface area contributed by atoms with Gasteiger partial charge in [0.05, 0.1) is 17.6 Å². The van der Waals surface area contributed by atoms with E-state index in [-0.39, 0.29) is 5.56 Å². The molecule has 6 heteroatoms. The average molecular weight is 298 g/mol. The average Bonchev–Trinajstić information content (AvgIpc) is 2.46. The molecule has 5 nitrogen and oxygen atoms in total. The summed E-state index contributed by atoms with van der Waals surface area (Å²) in [4.78, 5) is 21.5. The maximum Gasteiger partial charge on any atom is 0.258 e. The first kappa shape index (κ1) is 13.6. The van der Waals surface area contributed by atoms with Crippen LogP contribution in [0.3, 0.4) is 0 Å². The molecule has 0 aliphatic carbocycles. The van der Waals surface area contributed by atoms with Crippen LogP contribution in [0.5, 0.6) is 0 Å². The first-order valence-electron chi connectivity index (χ1n) is 6.45. The molecule has 0 saturated heterocycles. The summed E-state index contributed by atoms with van der Waals surface area (Å²) >= 11 is 1.55. The third-order valence-electron chi connectivity index (χ3n) is 3.06. The molecule has 0 aliphatic heterocycles. The summed E-state index contributed by atoms with van der Waals surface area (Å²) in [6.07, 6.45) is 5.07. The number of hydrogen-bond acceptors (Lipinski definition) is 5. The van der Waals surface area contributed by atoms with Crippen LogP contribution in [0.4, 0.5) is 5.69 Å². The molecular formula is C15H14N4OS. The molecule has 0 unspecified atom stereocenters. The van der Waals surface area contributed by atoms with Crippen LogP contribution in [0.25, 0.3) is 5.65 Å². The lowest BCUT2D eigenvalue weighted by molar-refractivity contribution is 1.01. The Morgan fingerprint density at radius 3 is 3.00 bits per heavy atom. The van der Waals surface area contributed by atoms with Crippen molar-refractivity contribution in [3.8, 4) is 0 Å². The molecule has 3 aromatic heterocycles. The number of thioether (sulfide) groups is 1. The van der Waals surface area contributed by atoms with Crippen molar-refractivity contribution < 1.29 is 0 Å². The molecule has 106 valence electrons. The van der Waals surface area contributed by atoms with Crippen molar-refractivity contribution in [2.75, 3.05) is 5.73 Å². The third kappa shape index (κ3) is 2.90. The van der Waals surface area contributed by atoms with Crippen LogP contribution in [-0.2, 0) is 5.75 Å². The molecule has 0 atom stereocenters. The largest absolute Gasteiger partial charge is 0.397 e. The zero-order valence-electron chi connectivity index (χ0n) is 11.5. The van der Waals surface area contributed by atoms with Crippen molar-refractivity contribution in [3.63, 3.8) is 0 Å². The Hall–Kier alpha value is -2.34. The Labute approximate surface area is 125 Å². The first-order valence-corrected chi connectivity index (χ1v) is 7.43. The number of pyridine rings is 2. The van der Waals surface area contributed by atoms with Gasteiger partial charge in [-0.15, -0.1) is 11.8 Å². The Bertz CT molecular complexity index is 860. The molecule has 3 rings (SSSR count). The summed E-state index contributed by atoms with van der Waals surface area (Å²) in [6, 6.07) is 7.21. The van der Waals surface area contributed by atoms with E-state index >= 15 is 0 Å². The second-order valence-electron chi connectivity index (χ2n) is 4.72. The van der Waals surface area contributed by atoms with Gasteiger partial charge in [-0.1, -0.05) is 0 Å². The van der Waals surface area contributed by atoms with Crippen LogP contribution < -0.4 is 11.3 Å². The number of rotatable bonds is 3. The zero-order valence-corrected chi connectivity index (χ0v) is 12.3. The van der Waals surface area contributed by atoms with Gasteiger partial charge in [-0.3, -0.25) is 14.2 Å². The minimum atomic E-state index is -0.0710. The highest BCUT2D eigenvalue weighted by molar-refractivity contribution is 7.98. The molecular weight excluding hydrogens is 284 g/mol. The maximum atomic E-state index is 12.1. The summed E-state index contributed by atoms with van der Waals surface area (Å²) in [6.45, 7) is 1.98. The van der Waals surface area contributed by atoms with Crippen molar-refractivity contribution in [3.05, 3.63) is 64.5 Å². The van der Waals surface area contributed by atoms with Gasteiger partial charge in [-0.25, -0.2) is 4.98 Å². The molecule has 0 bridgehead atoms. The topological polar surface area (TPSA) is 73.3 Å². The van der Waals surface area contributed by atoms with Crippen molar-refractivity contribution in [2.24, 2.45) is 0 Å². The van der Waals surface area contributed by atoms with Crippen LogP contribution in [0.2, 0.25) is 0 Å². The molecule has 3 aromatic rings.